The van der Waals surface area contributed by atoms with E-state index in [2.05, 4.69) is 0 Å². The molecule has 0 aliphatic heterocycles. The molecule has 0 saturated carbocycles. The Labute approximate surface area is 93.7 Å². The van der Waals surface area contributed by atoms with Gasteiger partial charge in [0.1, 0.15) is 11.1 Å². The molecular formula is C9H6ClF3N2O. The lowest BCUT2D eigenvalue weighted by atomic mass is 10.3. The van der Waals surface area contributed by atoms with Crippen molar-refractivity contribution in [1.29, 1.82) is 5.26 Å². The average molecular weight is 251 g/mol. The molecule has 0 saturated heterocycles. The molecule has 7 heteroatoms. The van der Waals surface area contributed by atoms with Crippen LogP contribution < -0.4 is 5.56 Å². The van der Waals surface area contributed by atoms with Gasteiger partial charge in [0.05, 0.1) is 12.6 Å². The summed E-state index contributed by atoms with van der Waals surface area (Å²) in [7, 11) is 0. The lowest BCUT2D eigenvalue weighted by molar-refractivity contribution is -0.144. The molecule has 0 aromatic carbocycles. The Kier molecular flexibility index (Phi) is 3.60. The zero-order valence-electron chi connectivity index (χ0n) is 7.83. The first-order valence-electron chi connectivity index (χ1n) is 4.17. The first kappa shape index (κ1) is 12.6. The van der Waals surface area contributed by atoms with Crippen LogP contribution in [0.3, 0.4) is 0 Å². The number of nitrogens with zero attached hydrogens (tertiary/aromatic N) is 2. The van der Waals surface area contributed by atoms with Crippen LogP contribution in [0.25, 0.3) is 0 Å². The highest BCUT2D eigenvalue weighted by atomic mass is 35.5. The first-order valence-corrected chi connectivity index (χ1v) is 4.60. The third-order valence-electron chi connectivity index (χ3n) is 1.82. The van der Waals surface area contributed by atoms with Gasteiger partial charge in [-0.2, -0.15) is 18.4 Å². The molecule has 1 atom stereocenters. The second-order valence-electron chi connectivity index (χ2n) is 2.95. The summed E-state index contributed by atoms with van der Waals surface area (Å²) in [6, 6.07) is 4.32. The van der Waals surface area contributed by atoms with E-state index in [4.69, 9.17) is 16.9 Å². The molecular weight excluding hydrogens is 245 g/mol. The molecule has 0 spiro atoms. The summed E-state index contributed by atoms with van der Waals surface area (Å²) in [5, 5.41) is 7.22. The zero-order valence-corrected chi connectivity index (χ0v) is 8.59. The van der Waals surface area contributed by atoms with E-state index in [0.717, 1.165) is 18.2 Å². The van der Waals surface area contributed by atoms with E-state index >= 15 is 0 Å². The maximum Gasteiger partial charge on any atom is 0.431 e. The van der Waals surface area contributed by atoms with E-state index in [-0.39, 0.29) is 0 Å². The highest BCUT2D eigenvalue weighted by Gasteiger charge is 2.34. The van der Waals surface area contributed by atoms with Gasteiger partial charge in [0.15, 0.2) is 0 Å². The quantitative estimate of drug-likeness (QED) is 0.754. The third kappa shape index (κ3) is 2.76. The number of aromatic nitrogens is 1. The molecule has 0 fully saturated rings. The smallest absolute Gasteiger partial charge is 0.302 e. The maximum atomic E-state index is 12.5. The second kappa shape index (κ2) is 4.58. The molecule has 1 unspecified atom stereocenters. The van der Waals surface area contributed by atoms with Crippen molar-refractivity contribution in [3.05, 3.63) is 34.2 Å². The van der Waals surface area contributed by atoms with Gasteiger partial charge < -0.3 is 4.57 Å². The van der Waals surface area contributed by atoms with Crippen molar-refractivity contribution in [2.45, 2.75) is 18.1 Å². The Bertz CT molecular complexity index is 475. The summed E-state index contributed by atoms with van der Waals surface area (Å²) in [4.78, 5) is 11.2. The summed E-state index contributed by atoms with van der Waals surface area (Å²) in [6.45, 7) is -0.493. The van der Waals surface area contributed by atoms with Gasteiger partial charge in [-0.15, -0.1) is 11.6 Å². The van der Waals surface area contributed by atoms with E-state index in [1.807, 2.05) is 0 Å². The SMILES string of the molecule is N#CC(Cl)Cn1c(C(F)(F)F)cccc1=O. The monoisotopic (exact) mass is 250 g/mol. The normalized spacial score (nSPS) is 13.2. The van der Waals surface area contributed by atoms with Crippen LogP contribution in [0.5, 0.6) is 0 Å². The number of rotatable bonds is 2. The zero-order chi connectivity index (χ0) is 12.3. The number of pyridine rings is 1. The molecule has 0 amide bonds. The van der Waals surface area contributed by atoms with Gasteiger partial charge in [-0.05, 0) is 6.07 Å². The van der Waals surface area contributed by atoms with E-state index in [0.29, 0.717) is 4.57 Å². The van der Waals surface area contributed by atoms with Crippen LogP contribution in [-0.4, -0.2) is 9.94 Å². The molecule has 1 aromatic rings. The predicted octanol–water partition coefficient (Wildman–Crippen LogP) is 2.00. The summed E-state index contributed by atoms with van der Waals surface area (Å²) < 4.78 is 37.9. The summed E-state index contributed by atoms with van der Waals surface area (Å²) in [6.07, 6.45) is -4.65. The van der Waals surface area contributed by atoms with Gasteiger partial charge in [-0.25, -0.2) is 0 Å². The lowest BCUT2D eigenvalue weighted by Crippen LogP contribution is -2.29. The minimum Gasteiger partial charge on any atom is -0.302 e. The Balaban J connectivity index is 3.26. The van der Waals surface area contributed by atoms with Crippen molar-refractivity contribution in [3.8, 4) is 6.07 Å². The molecule has 0 bridgehead atoms. The molecule has 0 aliphatic carbocycles. The van der Waals surface area contributed by atoms with E-state index in [9.17, 15) is 18.0 Å². The minimum absolute atomic E-state index is 0.445. The van der Waals surface area contributed by atoms with Crippen LogP contribution in [0.1, 0.15) is 5.69 Å². The van der Waals surface area contributed by atoms with E-state index in [1.54, 1.807) is 6.07 Å². The van der Waals surface area contributed by atoms with Crippen LogP contribution in [-0.2, 0) is 12.7 Å². The Hall–Kier alpha value is -1.48. The fourth-order valence-corrected chi connectivity index (χ4v) is 1.30. The highest BCUT2D eigenvalue weighted by molar-refractivity contribution is 6.22. The largest absolute Gasteiger partial charge is 0.431 e. The molecule has 0 radical (unpaired) electrons. The van der Waals surface area contributed by atoms with Gasteiger partial charge in [0.25, 0.3) is 5.56 Å². The second-order valence-corrected chi connectivity index (χ2v) is 3.48. The topological polar surface area (TPSA) is 45.8 Å². The summed E-state index contributed by atoms with van der Waals surface area (Å²) in [5.41, 5.74) is -1.95. The van der Waals surface area contributed by atoms with Crippen LogP contribution >= 0.6 is 11.6 Å². The molecule has 1 rings (SSSR count). The Morgan fingerprint density at radius 1 is 1.50 bits per heavy atom. The lowest BCUT2D eigenvalue weighted by Gasteiger charge is -2.14. The van der Waals surface area contributed by atoms with E-state index in [1.165, 1.54) is 0 Å². The Morgan fingerprint density at radius 2 is 2.12 bits per heavy atom. The molecule has 0 N–H and O–H groups in total. The van der Waals surface area contributed by atoms with Crippen molar-refractivity contribution in [2.24, 2.45) is 0 Å². The van der Waals surface area contributed by atoms with Gasteiger partial charge in [-0.1, -0.05) is 6.07 Å². The number of hydrogen-bond donors (Lipinski definition) is 0. The molecule has 86 valence electrons. The van der Waals surface area contributed by atoms with Gasteiger partial charge in [0.2, 0.25) is 0 Å². The van der Waals surface area contributed by atoms with Crippen molar-refractivity contribution < 1.29 is 13.2 Å². The molecule has 1 aromatic heterocycles. The number of halogens is 4. The summed E-state index contributed by atoms with van der Waals surface area (Å²) >= 11 is 5.41. The van der Waals surface area contributed by atoms with Crippen molar-refractivity contribution in [2.75, 3.05) is 0 Å². The van der Waals surface area contributed by atoms with Gasteiger partial charge in [-0.3, -0.25) is 4.79 Å². The summed E-state index contributed by atoms with van der Waals surface area (Å²) in [5.74, 6) is 0. The molecule has 1 heterocycles. The highest BCUT2D eigenvalue weighted by Crippen LogP contribution is 2.28. The van der Waals surface area contributed by atoms with Crippen LogP contribution in [0.4, 0.5) is 13.2 Å². The fraction of sp³-hybridized carbons (Fsp3) is 0.333. The third-order valence-corrected chi connectivity index (χ3v) is 2.06. The Morgan fingerprint density at radius 3 is 2.62 bits per heavy atom. The van der Waals surface area contributed by atoms with Crippen LogP contribution in [0, 0.1) is 11.3 Å². The minimum atomic E-state index is -4.65. The number of nitriles is 1. The predicted molar refractivity (Wildman–Crippen MR) is 51.0 cm³/mol. The maximum absolute atomic E-state index is 12.5. The first-order chi connectivity index (χ1) is 7.36. The van der Waals surface area contributed by atoms with Crippen molar-refractivity contribution >= 4 is 11.6 Å². The fourth-order valence-electron chi connectivity index (χ4n) is 1.16. The average Bonchev–Trinajstić information content (AvgIpc) is 2.19. The standard InChI is InChI=1S/C9H6ClF3N2O/c10-6(4-14)5-15-7(9(11,12)13)2-1-3-8(15)16/h1-3,6H,5H2. The van der Waals surface area contributed by atoms with Crippen molar-refractivity contribution in [3.63, 3.8) is 0 Å². The van der Waals surface area contributed by atoms with Gasteiger partial charge >= 0.3 is 6.18 Å². The van der Waals surface area contributed by atoms with Crippen LogP contribution in [0.15, 0.2) is 23.0 Å². The van der Waals surface area contributed by atoms with Crippen molar-refractivity contribution in [1.82, 2.24) is 4.57 Å². The molecule has 16 heavy (non-hydrogen) atoms. The molecule has 0 aliphatic rings. The van der Waals surface area contributed by atoms with E-state index < -0.39 is 29.4 Å². The number of alkyl halides is 4. The van der Waals surface area contributed by atoms with Crippen LogP contribution in [0.2, 0.25) is 0 Å². The molecule has 3 nitrogen and oxygen atoms in total. The van der Waals surface area contributed by atoms with Gasteiger partial charge in [0, 0.05) is 6.07 Å². The number of hydrogen-bond acceptors (Lipinski definition) is 2.